The number of rotatable bonds is 9. The Bertz CT molecular complexity index is 250. The fraction of sp³-hybridized carbons (Fsp3) is 0.692. The van der Waals surface area contributed by atoms with Gasteiger partial charge in [-0.1, -0.05) is 62.5 Å². The SMILES string of the molecule is CCCCC[C@H](C)/C=C/C=C\CCN=[N+]=[N-]. The van der Waals surface area contributed by atoms with Crippen LogP contribution in [0.25, 0.3) is 10.4 Å². The van der Waals surface area contributed by atoms with Crippen molar-refractivity contribution in [1.29, 1.82) is 0 Å². The fourth-order valence-corrected chi connectivity index (χ4v) is 1.42. The second-order valence-electron chi connectivity index (χ2n) is 4.03. The molecule has 0 saturated heterocycles. The lowest BCUT2D eigenvalue weighted by Gasteiger charge is -2.03. The number of hydrogen-bond donors (Lipinski definition) is 0. The molecule has 0 amide bonds. The monoisotopic (exact) mass is 221 g/mol. The predicted molar refractivity (Wildman–Crippen MR) is 70.2 cm³/mol. The Morgan fingerprint density at radius 3 is 2.81 bits per heavy atom. The lowest BCUT2D eigenvalue weighted by Crippen LogP contribution is -1.88. The van der Waals surface area contributed by atoms with Gasteiger partial charge in [-0.2, -0.15) is 0 Å². The van der Waals surface area contributed by atoms with Gasteiger partial charge < -0.3 is 0 Å². The summed E-state index contributed by atoms with van der Waals surface area (Å²) in [6, 6.07) is 0. The molecule has 16 heavy (non-hydrogen) atoms. The third kappa shape index (κ3) is 10.9. The van der Waals surface area contributed by atoms with Crippen LogP contribution in [0.4, 0.5) is 0 Å². The molecule has 0 radical (unpaired) electrons. The zero-order valence-electron chi connectivity index (χ0n) is 10.5. The quantitative estimate of drug-likeness (QED) is 0.173. The Kier molecular flexibility index (Phi) is 11.0. The molecule has 0 aromatic carbocycles. The van der Waals surface area contributed by atoms with Gasteiger partial charge in [-0.05, 0) is 24.3 Å². The van der Waals surface area contributed by atoms with Crippen molar-refractivity contribution < 1.29 is 0 Å². The van der Waals surface area contributed by atoms with E-state index >= 15 is 0 Å². The van der Waals surface area contributed by atoms with E-state index in [4.69, 9.17) is 5.53 Å². The summed E-state index contributed by atoms with van der Waals surface area (Å²) in [4.78, 5) is 2.70. The second kappa shape index (κ2) is 11.9. The van der Waals surface area contributed by atoms with Crippen molar-refractivity contribution >= 4 is 0 Å². The lowest BCUT2D eigenvalue weighted by atomic mass is 10.0. The van der Waals surface area contributed by atoms with Gasteiger partial charge in [0.15, 0.2) is 0 Å². The van der Waals surface area contributed by atoms with E-state index in [9.17, 15) is 0 Å². The van der Waals surface area contributed by atoms with Crippen molar-refractivity contribution in [2.24, 2.45) is 11.0 Å². The number of azide groups is 1. The largest absolute Gasteiger partial charge is 0.0937 e. The minimum absolute atomic E-state index is 0.549. The van der Waals surface area contributed by atoms with Crippen LogP contribution >= 0.6 is 0 Å². The first-order valence-electron chi connectivity index (χ1n) is 6.15. The Morgan fingerprint density at radius 1 is 1.31 bits per heavy atom. The van der Waals surface area contributed by atoms with Crippen molar-refractivity contribution in [3.05, 3.63) is 34.7 Å². The van der Waals surface area contributed by atoms with Crippen molar-refractivity contribution in [3.63, 3.8) is 0 Å². The highest BCUT2D eigenvalue weighted by atomic mass is 15.1. The normalized spacial score (nSPS) is 13.1. The Labute approximate surface area is 98.9 Å². The first-order chi connectivity index (χ1) is 7.81. The molecule has 0 saturated carbocycles. The first-order valence-corrected chi connectivity index (χ1v) is 6.15. The number of allylic oxidation sites excluding steroid dienone is 3. The Balaban J connectivity index is 3.53. The summed E-state index contributed by atoms with van der Waals surface area (Å²) < 4.78 is 0. The molecule has 0 rings (SSSR count). The van der Waals surface area contributed by atoms with Crippen LogP contribution in [0.5, 0.6) is 0 Å². The molecule has 0 aliphatic heterocycles. The van der Waals surface area contributed by atoms with Crippen molar-refractivity contribution in [1.82, 2.24) is 0 Å². The highest BCUT2D eigenvalue weighted by Crippen LogP contribution is 2.10. The van der Waals surface area contributed by atoms with Crippen molar-refractivity contribution in [2.75, 3.05) is 6.54 Å². The minimum atomic E-state index is 0.549. The molecule has 3 nitrogen and oxygen atoms in total. The van der Waals surface area contributed by atoms with Crippen LogP contribution in [0.3, 0.4) is 0 Å². The summed E-state index contributed by atoms with van der Waals surface area (Å²) in [6.45, 7) is 5.03. The maximum atomic E-state index is 8.06. The third-order valence-electron chi connectivity index (χ3n) is 2.41. The van der Waals surface area contributed by atoms with E-state index in [2.05, 4.69) is 36.0 Å². The van der Waals surface area contributed by atoms with Gasteiger partial charge in [-0.15, -0.1) is 0 Å². The smallest absolute Gasteiger partial charge is 0.0292 e. The van der Waals surface area contributed by atoms with Crippen molar-refractivity contribution in [2.45, 2.75) is 46.0 Å². The van der Waals surface area contributed by atoms with Crippen molar-refractivity contribution in [3.8, 4) is 0 Å². The molecule has 0 bridgehead atoms. The standard InChI is InChI=1S/C13H23N3/c1-3-4-7-10-13(2)11-8-5-6-9-12-15-16-14/h5-6,8,11,13H,3-4,7,9-10,12H2,1-2H3/b6-5-,11-8+/t13-/m0/s1. The molecule has 0 heterocycles. The zero-order chi connectivity index (χ0) is 12.1. The summed E-state index contributed by atoms with van der Waals surface area (Å²) in [5.74, 6) is 0.660. The van der Waals surface area contributed by atoms with E-state index in [1.54, 1.807) is 0 Å². The molecule has 0 aromatic rings. The molecule has 0 N–H and O–H groups in total. The Hall–Kier alpha value is -1.21. The summed E-state index contributed by atoms with van der Waals surface area (Å²) in [6.07, 6.45) is 14.4. The molecule has 0 aliphatic rings. The first kappa shape index (κ1) is 14.8. The van der Waals surface area contributed by atoms with E-state index in [0.717, 1.165) is 6.42 Å². The molecule has 90 valence electrons. The van der Waals surface area contributed by atoms with Gasteiger partial charge in [0, 0.05) is 11.5 Å². The van der Waals surface area contributed by atoms with E-state index in [-0.39, 0.29) is 0 Å². The predicted octanol–water partition coefficient (Wildman–Crippen LogP) is 5.02. The molecular weight excluding hydrogens is 198 g/mol. The third-order valence-corrected chi connectivity index (χ3v) is 2.41. The van der Waals surface area contributed by atoms with Gasteiger partial charge in [0.25, 0.3) is 0 Å². The molecule has 0 unspecified atom stereocenters. The molecule has 0 aromatic heterocycles. The molecule has 1 atom stereocenters. The van der Waals surface area contributed by atoms with E-state index in [1.807, 2.05) is 12.2 Å². The van der Waals surface area contributed by atoms with Gasteiger partial charge in [-0.25, -0.2) is 0 Å². The topological polar surface area (TPSA) is 48.8 Å². The average Bonchev–Trinajstić information content (AvgIpc) is 2.28. The van der Waals surface area contributed by atoms with Crippen LogP contribution in [-0.2, 0) is 0 Å². The highest BCUT2D eigenvalue weighted by molar-refractivity contribution is 5.03. The number of unbranched alkanes of at least 4 members (excludes halogenated alkanes) is 2. The lowest BCUT2D eigenvalue weighted by molar-refractivity contribution is 0.576. The summed E-state index contributed by atoms with van der Waals surface area (Å²) in [5, 5.41) is 3.46. The number of nitrogens with zero attached hydrogens (tertiary/aromatic N) is 3. The van der Waals surface area contributed by atoms with Gasteiger partial charge in [0.1, 0.15) is 0 Å². The molecule has 0 fully saturated rings. The van der Waals surface area contributed by atoms with E-state index in [1.165, 1.54) is 25.7 Å². The van der Waals surface area contributed by atoms with Crippen LogP contribution in [0.15, 0.2) is 29.4 Å². The second-order valence-corrected chi connectivity index (χ2v) is 4.03. The molecular formula is C13H23N3. The average molecular weight is 221 g/mol. The molecule has 0 spiro atoms. The summed E-state index contributed by atoms with van der Waals surface area (Å²) >= 11 is 0. The summed E-state index contributed by atoms with van der Waals surface area (Å²) in [5.41, 5.74) is 8.06. The van der Waals surface area contributed by atoms with Gasteiger partial charge in [0.05, 0.1) is 0 Å². The highest BCUT2D eigenvalue weighted by Gasteiger charge is 1.94. The van der Waals surface area contributed by atoms with Crippen LogP contribution in [0.2, 0.25) is 0 Å². The van der Waals surface area contributed by atoms with Gasteiger partial charge in [-0.3, -0.25) is 0 Å². The van der Waals surface area contributed by atoms with Crippen LogP contribution in [-0.4, -0.2) is 6.54 Å². The van der Waals surface area contributed by atoms with Gasteiger partial charge in [0.2, 0.25) is 0 Å². The number of hydrogen-bond acceptors (Lipinski definition) is 1. The summed E-state index contributed by atoms with van der Waals surface area (Å²) in [7, 11) is 0. The van der Waals surface area contributed by atoms with Crippen LogP contribution < -0.4 is 0 Å². The molecule has 0 aliphatic carbocycles. The van der Waals surface area contributed by atoms with E-state index in [0.29, 0.717) is 12.5 Å². The fourth-order valence-electron chi connectivity index (χ4n) is 1.42. The van der Waals surface area contributed by atoms with Crippen LogP contribution in [0.1, 0.15) is 46.0 Å². The zero-order valence-corrected chi connectivity index (χ0v) is 10.5. The van der Waals surface area contributed by atoms with E-state index < -0.39 is 0 Å². The Morgan fingerprint density at radius 2 is 2.12 bits per heavy atom. The maximum absolute atomic E-state index is 8.06. The van der Waals surface area contributed by atoms with Crippen LogP contribution in [0, 0.1) is 5.92 Å². The minimum Gasteiger partial charge on any atom is -0.0937 e. The maximum Gasteiger partial charge on any atom is 0.0292 e. The van der Waals surface area contributed by atoms with Gasteiger partial charge >= 0.3 is 0 Å². The molecule has 3 heteroatoms.